The summed E-state index contributed by atoms with van der Waals surface area (Å²) in [6.45, 7) is 1.83. The van der Waals surface area contributed by atoms with Gasteiger partial charge >= 0.3 is 5.97 Å². The molecule has 0 aromatic heterocycles. The molecule has 6 nitrogen and oxygen atoms in total. The van der Waals surface area contributed by atoms with Gasteiger partial charge in [-0.1, -0.05) is 13.0 Å². The van der Waals surface area contributed by atoms with Crippen molar-refractivity contribution in [3.05, 3.63) is 23.8 Å². The summed E-state index contributed by atoms with van der Waals surface area (Å²) in [6.07, 6.45) is 0.946. The second-order valence-electron chi connectivity index (χ2n) is 4.24. The molecule has 1 aromatic rings. The highest BCUT2D eigenvalue weighted by Gasteiger charge is 2.20. The number of nitrogens with one attached hydrogen (secondary N) is 1. The van der Waals surface area contributed by atoms with Crippen molar-refractivity contribution in [2.24, 2.45) is 0 Å². The summed E-state index contributed by atoms with van der Waals surface area (Å²) in [4.78, 5) is 22.5. The van der Waals surface area contributed by atoms with Gasteiger partial charge in [0.05, 0.1) is 0 Å². The Balaban J connectivity index is 2.75. The summed E-state index contributed by atoms with van der Waals surface area (Å²) in [5.41, 5.74) is 0.513. The largest absolute Gasteiger partial charge is 0.504 e. The summed E-state index contributed by atoms with van der Waals surface area (Å²) in [5.74, 6) is -2.05. The molecule has 1 rings (SSSR count). The van der Waals surface area contributed by atoms with Crippen LogP contribution in [0.5, 0.6) is 11.5 Å². The van der Waals surface area contributed by atoms with Crippen molar-refractivity contribution in [3.8, 4) is 11.5 Å². The number of aromatic hydroxyl groups is 2. The predicted molar refractivity (Wildman–Crippen MR) is 68.0 cm³/mol. The molecule has 0 heterocycles. The van der Waals surface area contributed by atoms with Crippen molar-refractivity contribution in [1.29, 1.82) is 0 Å². The Hall–Kier alpha value is -2.24. The number of hydrogen-bond acceptors (Lipinski definition) is 4. The Morgan fingerprint density at radius 3 is 2.47 bits per heavy atom. The number of carboxylic acids is 1. The van der Waals surface area contributed by atoms with E-state index in [1.165, 1.54) is 18.2 Å². The molecule has 1 amide bonds. The van der Waals surface area contributed by atoms with Gasteiger partial charge in [-0.3, -0.25) is 4.79 Å². The van der Waals surface area contributed by atoms with Gasteiger partial charge in [-0.15, -0.1) is 0 Å². The van der Waals surface area contributed by atoms with E-state index in [9.17, 15) is 14.7 Å². The minimum atomic E-state index is -1.14. The first-order chi connectivity index (χ1) is 8.93. The van der Waals surface area contributed by atoms with Gasteiger partial charge in [-0.05, 0) is 24.1 Å². The number of phenolic OH excluding ortho intramolecular Hbond substituents is 2. The van der Waals surface area contributed by atoms with Gasteiger partial charge in [0.25, 0.3) is 0 Å². The molecule has 6 heteroatoms. The van der Waals surface area contributed by atoms with Crippen LogP contribution < -0.4 is 5.32 Å². The lowest BCUT2D eigenvalue weighted by Gasteiger charge is -2.14. The third-order valence-corrected chi connectivity index (χ3v) is 2.59. The van der Waals surface area contributed by atoms with E-state index in [-0.39, 0.29) is 30.2 Å². The van der Waals surface area contributed by atoms with Crippen LogP contribution in [0.15, 0.2) is 18.2 Å². The van der Waals surface area contributed by atoms with E-state index in [1.54, 1.807) is 0 Å². The molecular weight excluding hydrogens is 250 g/mol. The quantitative estimate of drug-likeness (QED) is 0.575. The molecule has 0 spiro atoms. The van der Waals surface area contributed by atoms with Gasteiger partial charge < -0.3 is 20.6 Å². The maximum absolute atomic E-state index is 11.4. The molecule has 0 aliphatic rings. The number of aliphatic carboxylic acids is 1. The molecule has 104 valence electrons. The normalized spacial score (nSPS) is 11.8. The Kier molecular flexibility index (Phi) is 5.17. The molecule has 0 aliphatic heterocycles. The topological polar surface area (TPSA) is 107 Å². The van der Waals surface area contributed by atoms with Gasteiger partial charge in [0, 0.05) is 12.8 Å². The van der Waals surface area contributed by atoms with Crippen molar-refractivity contribution in [2.75, 3.05) is 0 Å². The van der Waals surface area contributed by atoms with E-state index in [1.807, 2.05) is 6.92 Å². The van der Waals surface area contributed by atoms with E-state index < -0.39 is 12.0 Å². The lowest BCUT2D eigenvalue weighted by Crippen LogP contribution is -2.42. The second-order valence-corrected chi connectivity index (χ2v) is 4.24. The maximum Gasteiger partial charge on any atom is 0.326 e. The Morgan fingerprint density at radius 1 is 1.26 bits per heavy atom. The van der Waals surface area contributed by atoms with Crippen LogP contribution in [0, 0.1) is 0 Å². The minimum Gasteiger partial charge on any atom is -0.504 e. The van der Waals surface area contributed by atoms with E-state index >= 15 is 0 Å². The third-order valence-electron chi connectivity index (χ3n) is 2.59. The molecule has 1 atom stereocenters. The average molecular weight is 267 g/mol. The number of amides is 1. The van der Waals surface area contributed by atoms with Crippen LogP contribution in [-0.4, -0.2) is 33.2 Å². The fraction of sp³-hybridized carbons (Fsp3) is 0.385. The molecule has 0 saturated heterocycles. The Morgan fingerprint density at radius 2 is 1.95 bits per heavy atom. The number of benzene rings is 1. The van der Waals surface area contributed by atoms with Gasteiger partial charge in [0.15, 0.2) is 11.5 Å². The maximum atomic E-state index is 11.4. The molecule has 0 fully saturated rings. The van der Waals surface area contributed by atoms with E-state index in [0.717, 1.165) is 0 Å². The first kappa shape index (κ1) is 14.8. The van der Waals surface area contributed by atoms with Gasteiger partial charge in [0.1, 0.15) is 6.04 Å². The number of carboxylic acid groups (broad SMARTS) is 1. The van der Waals surface area contributed by atoms with Gasteiger partial charge in [-0.2, -0.15) is 0 Å². The smallest absolute Gasteiger partial charge is 0.326 e. The third kappa shape index (κ3) is 4.50. The standard InChI is InChI=1S/C13H17NO5/c1-2-3-12(17)14-9(13(18)19)6-8-4-5-10(15)11(16)7-8/h4-5,7,9,15-16H,2-3,6H2,1H3,(H,14,17)(H,18,19). The molecule has 19 heavy (non-hydrogen) atoms. The molecule has 4 N–H and O–H groups in total. The van der Waals surface area contributed by atoms with E-state index in [2.05, 4.69) is 5.32 Å². The fourth-order valence-electron chi connectivity index (χ4n) is 1.63. The molecule has 1 unspecified atom stereocenters. The summed E-state index contributed by atoms with van der Waals surface area (Å²) in [6, 6.07) is 2.99. The van der Waals surface area contributed by atoms with Crippen LogP contribution >= 0.6 is 0 Å². The average Bonchev–Trinajstić information content (AvgIpc) is 2.33. The van der Waals surface area contributed by atoms with Gasteiger partial charge in [0.2, 0.25) is 5.91 Å². The SMILES string of the molecule is CCCC(=O)NC(Cc1ccc(O)c(O)c1)C(=O)O. The van der Waals surface area contributed by atoms with Crippen molar-refractivity contribution in [1.82, 2.24) is 5.32 Å². The molecular formula is C13H17NO5. The van der Waals surface area contributed by atoms with Crippen LogP contribution in [0.2, 0.25) is 0 Å². The molecule has 0 aliphatic carbocycles. The van der Waals surface area contributed by atoms with Crippen molar-refractivity contribution >= 4 is 11.9 Å². The zero-order valence-corrected chi connectivity index (χ0v) is 10.6. The van der Waals surface area contributed by atoms with Crippen LogP contribution in [-0.2, 0) is 16.0 Å². The highest BCUT2D eigenvalue weighted by molar-refractivity contribution is 5.83. The fourth-order valence-corrected chi connectivity index (χ4v) is 1.63. The number of hydrogen-bond donors (Lipinski definition) is 4. The number of carbonyl (C=O) groups is 2. The highest BCUT2D eigenvalue weighted by Crippen LogP contribution is 2.25. The van der Waals surface area contributed by atoms with Crippen LogP contribution in [0.3, 0.4) is 0 Å². The lowest BCUT2D eigenvalue weighted by atomic mass is 10.0. The number of rotatable bonds is 6. The van der Waals surface area contributed by atoms with Crippen molar-refractivity contribution in [2.45, 2.75) is 32.2 Å². The number of phenols is 2. The zero-order valence-electron chi connectivity index (χ0n) is 10.6. The Labute approximate surface area is 110 Å². The summed E-state index contributed by atoms with van der Waals surface area (Å²) < 4.78 is 0. The van der Waals surface area contributed by atoms with Crippen molar-refractivity contribution < 1.29 is 24.9 Å². The molecule has 0 saturated carbocycles. The summed E-state index contributed by atoms with van der Waals surface area (Å²) in [7, 11) is 0. The first-order valence-corrected chi connectivity index (χ1v) is 5.97. The lowest BCUT2D eigenvalue weighted by molar-refractivity contribution is -0.141. The van der Waals surface area contributed by atoms with Crippen LogP contribution in [0.1, 0.15) is 25.3 Å². The van der Waals surface area contributed by atoms with E-state index in [4.69, 9.17) is 10.2 Å². The minimum absolute atomic E-state index is 0.0403. The second kappa shape index (κ2) is 6.63. The monoisotopic (exact) mass is 267 g/mol. The molecule has 0 bridgehead atoms. The number of carbonyl (C=O) groups excluding carboxylic acids is 1. The van der Waals surface area contributed by atoms with Crippen LogP contribution in [0.25, 0.3) is 0 Å². The Bertz CT molecular complexity index is 472. The highest BCUT2D eigenvalue weighted by atomic mass is 16.4. The predicted octanol–water partition coefficient (Wildman–Crippen LogP) is 1.01. The van der Waals surface area contributed by atoms with Crippen LogP contribution in [0.4, 0.5) is 0 Å². The van der Waals surface area contributed by atoms with Gasteiger partial charge in [-0.25, -0.2) is 4.79 Å². The molecule has 1 aromatic carbocycles. The summed E-state index contributed by atoms with van der Waals surface area (Å²) >= 11 is 0. The first-order valence-electron chi connectivity index (χ1n) is 5.97. The molecule has 0 radical (unpaired) electrons. The van der Waals surface area contributed by atoms with E-state index in [0.29, 0.717) is 12.0 Å². The summed E-state index contributed by atoms with van der Waals surface area (Å²) in [5, 5.41) is 30.0. The zero-order chi connectivity index (χ0) is 14.4. The van der Waals surface area contributed by atoms with Crippen molar-refractivity contribution in [3.63, 3.8) is 0 Å².